The molecule has 0 radical (unpaired) electrons. The lowest BCUT2D eigenvalue weighted by Gasteiger charge is -2.08. The summed E-state index contributed by atoms with van der Waals surface area (Å²) in [6.07, 6.45) is 0.745. The highest BCUT2D eigenvalue weighted by atomic mass is 79.9. The summed E-state index contributed by atoms with van der Waals surface area (Å²) in [5.74, 6) is 1.26. The molecule has 0 spiro atoms. The Balaban J connectivity index is 1.74. The maximum atomic E-state index is 13.9. The minimum absolute atomic E-state index is 0.205. The molecule has 24 heavy (non-hydrogen) atoms. The molecular formula is C18H17BrFN3S. The first-order valence-electron chi connectivity index (χ1n) is 7.70. The Hall–Kier alpha value is -1.66. The fourth-order valence-corrected chi connectivity index (χ4v) is 3.77. The van der Waals surface area contributed by atoms with Crippen LogP contribution in [0.5, 0.6) is 0 Å². The quantitative estimate of drug-likeness (QED) is 0.535. The zero-order valence-electron chi connectivity index (χ0n) is 13.2. The Bertz CT molecular complexity index is 820. The van der Waals surface area contributed by atoms with Crippen LogP contribution in [-0.2, 0) is 18.7 Å². The molecule has 6 heteroatoms. The lowest BCUT2D eigenvalue weighted by Crippen LogP contribution is -2.04. The molecule has 0 amide bonds. The lowest BCUT2D eigenvalue weighted by molar-refractivity contribution is 0.616. The summed E-state index contributed by atoms with van der Waals surface area (Å²) in [6.45, 7) is 2.86. The first-order valence-corrected chi connectivity index (χ1v) is 9.48. The SMILES string of the molecule is CCn1c(Cc2ccccc2)nnc1SCc1ccc(Br)cc1F. The van der Waals surface area contributed by atoms with Gasteiger partial charge in [-0.3, -0.25) is 0 Å². The number of aromatic nitrogens is 3. The van der Waals surface area contributed by atoms with Crippen LogP contribution in [0.2, 0.25) is 0 Å². The molecule has 0 aliphatic heterocycles. The van der Waals surface area contributed by atoms with Crippen molar-refractivity contribution in [1.29, 1.82) is 0 Å². The van der Waals surface area contributed by atoms with E-state index in [2.05, 4.69) is 49.8 Å². The predicted octanol–water partition coefficient (Wildman–Crippen LogP) is 5.08. The molecule has 0 N–H and O–H groups in total. The Morgan fingerprint density at radius 2 is 1.92 bits per heavy atom. The van der Waals surface area contributed by atoms with Gasteiger partial charge >= 0.3 is 0 Å². The third-order valence-corrected chi connectivity index (χ3v) is 5.20. The van der Waals surface area contributed by atoms with Gasteiger partial charge in [0.25, 0.3) is 0 Å². The largest absolute Gasteiger partial charge is 0.306 e. The molecule has 1 heterocycles. The van der Waals surface area contributed by atoms with Crippen molar-refractivity contribution in [3.63, 3.8) is 0 Å². The summed E-state index contributed by atoms with van der Waals surface area (Å²) in [7, 11) is 0. The predicted molar refractivity (Wildman–Crippen MR) is 98.6 cm³/mol. The number of benzene rings is 2. The van der Waals surface area contributed by atoms with Crippen LogP contribution in [0.15, 0.2) is 58.2 Å². The summed E-state index contributed by atoms with van der Waals surface area (Å²) in [5, 5.41) is 9.44. The van der Waals surface area contributed by atoms with Gasteiger partial charge in [-0.2, -0.15) is 0 Å². The summed E-state index contributed by atoms with van der Waals surface area (Å²) in [5.41, 5.74) is 1.87. The zero-order chi connectivity index (χ0) is 16.9. The smallest absolute Gasteiger partial charge is 0.191 e. The van der Waals surface area contributed by atoms with Gasteiger partial charge < -0.3 is 4.57 Å². The highest BCUT2D eigenvalue weighted by Crippen LogP contribution is 2.25. The van der Waals surface area contributed by atoms with Crippen molar-refractivity contribution in [3.05, 3.63) is 75.8 Å². The van der Waals surface area contributed by atoms with Crippen LogP contribution in [0.3, 0.4) is 0 Å². The van der Waals surface area contributed by atoms with Crippen LogP contribution in [-0.4, -0.2) is 14.8 Å². The highest BCUT2D eigenvalue weighted by molar-refractivity contribution is 9.10. The van der Waals surface area contributed by atoms with Crippen molar-refractivity contribution < 1.29 is 4.39 Å². The molecule has 0 aliphatic carbocycles. The highest BCUT2D eigenvalue weighted by Gasteiger charge is 2.13. The van der Waals surface area contributed by atoms with Gasteiger partial charge in [0.1, 0.15) is 11.6 Å². The van der Waals surface area contributed by atoms with Gasteiger partial charge in [-0.05, 0) is 30.2 Å². The molecule has 0 aliphatic rings. The molecule has 0 atom stereocenters. The number of halogens is 2. The molecule has 1 aromatic heterocycles. The molecule has 0 bridgehead atoms. The Labute approximate surface area is 153 Å². The fraction of sp³-hybridized carbons (Fsp3) is 0.222. The van der Waals surface area contributed by atoms with Crippen LogP contribution >= 0.6 is 27.7 Å². The summed E-state index contributed by atoms with van der Waals surface area (Å²) >= 11 is 4.79. The van der Waals surface area contributed by atoms with Crippen LogP contribution in [0.25, 0.3) is 0 Å². The molecule has 124 valence electrons. The van der Waals surface area contributed by atoms with Gasteiger partial charge in [0.2, 0.25) is 0 Å². The zero-order valence-corrected chi connectivity index (χ0v) is 15.6. The average Bonchev–Trinajstić information content (AvgIpc) is 2.96. The normalized spacial score (nSPS) is 11.0. The Kier molecular flexibility index (Phi) is 5.68. The maximum absolute atomic E-state index is 13.9. The molecule has 0 saturated heterocycles. The number of thioether (sulfide) groups is 1. The second kappa shape index (κ2) is 7.94. The van der Waals surface area contributed by atoms with Crippen LogP contribution in [0, 0.1) is 5.82 Å². The van der Waals surface area contributed by atoms with Gasteiger partial charge in [0, 0.05) is 23.2 Å². The molecule has 3 rings (SSSR count). The van der Waals surface area contributed by atoms with Crippen molar-refractivity contribution in [2.75, 3.05) is 0 Å². The van der Waals surface area contributed by atoms with E-state index in [1.807, 2.05) is 24.3 Å². The molecule has 0 fully saturated rings. The fourth-order valence-electron chi connectivity index (χ4n) is 2.43. The number of nitrogens with zero attached hydrogens (tertiary/aromatic N) is 3. The van der Waals surface area contributed by atoms with E-state index in [1.165, 1.54) is 23.4 Å². The van der Waals surface area contributed by atoms with Crippen molar-refractivity contribution >= 4 is 27.7 Å². The number of hydrogen-bond acceptors (Lipinski definition) is 3. The van der Waals surface area contributed by atoms with E-state index in [4.69, 9.17) is 0 Å². The van der Waals surface area contributed by atoms with E-state index in [-0.39, 0.29) is 5.82 Å². The van der Waals surface area contributed by atoms with Crippen LogP contribution in [0.1, 0.15) is 23.9 Å². The first kappa shape index (κ1) is 17.2. The van der Waals surface area contributed by atoms with Gasteiger partial charge in [-0.25, -0.2) is 4.39 Å². The van der Waals surface area contributed by atoms with E-state index in [1.54, 1.807) is 6.07 Å². The third kappa shape index (κ3) is 4.05. The van der Waals surface area contributed by atoms with Gasteiger partial charge in [0.15, 0.2) is 5.16 Å². The standard InChI is InChI=1S/C18H17BrFN3S/c1-2-23-17(10-13-6-4-3-5-7-13)21-22-18(23)24-12-14-8-9-15(19)11-16(14)20/h3-9,11H,2,10,12H2,1H3. The van der Waals surface area contributed by atoms with E-state index >= 15 is 0 Å². The van der Waals surface area contributed by atoms with Crippen LogP contribution in [0.4, 0.5) is 4.39 Å². The van der Waals surface area contributed by atoms with E-state index < -0.39 is 0 Å². The van der Waals surface area contributed by atoms with Gasteiger partial charge in [0.05, 0.1) is 0 Å². The van der Waals surface area contributed by atoms with Crippen molar-refractivity contribution in [1.82, 2.24) is 14.8 Å². The monoisotopic (exact) mass is 405 g/mol. The number of hydrogen-bond donors (Lipinski definition) is 0. The molecule has 3 aromatic rings. The first-order chi connectivity index (χ1) is 11.7. The Morgan fingerprint density at radius 1 is 1.12 bits per heavy atom. The molecule has 3 nitrogen and oxygen atoms in total. The van der Waals surface area contributed by atoms with Crippen molar-refractivity contribution in [2.45, 2.75) is 30.8 Å². The molecule has 0 unspecified atom stereocenters. The van der Waals surface area contributed by atoms with Crippen LogP contribution < -0.4 is 0 Å². The maximum Gasteiger partial charge on any atom is 0.191 e. The molecule has 2 aromatic carbocycles. The number of rotatable bonds is 6. The topological polar surface area (TPSA) is 30.7 Å². The van der Waals surface area contributed by atoms with Crippen molar-refractivity contribution in [3.8, 4) is 0 Å². The minimum Gasteiger partial charge on any atom is -0.306 e. The van der Waals surface area contributed by atoms with Gasteiger partial charge in [-0.1, -0.05) is 64.1 Å². The second-order valence-corrected chi connectivity index (χ2v) is 7.19. The molecular weight excluding hydrogens is 389 g/mol. The third-order valence-electron chi connectivity index (χ3n) is 3.69. The van der Waals surface area contributed by atoms with Crippen molar-refractivity contribution in [2.24, 2.45) is 0 Å². The van der Waals surface area contributed by atoms with E-state index in [0.29, 0.717) is 11.3 Å². The minimum atomic E-state index is -0.205. The Morgan fingerprint density at radius 3 is 2.62 bits per heavy atom. The molecule has 0 saturated carbocycles. The second-order valence-electron chi connectivity index (χ2n) is 5.33. The van der Waals surface area contributed by atoms with E-state index in [9.17, 15) is 4.39 Å². The summed E-state index contributed by atoms with van der Waals surface area (Å²) in [4.78, 5) is 0. The van der Waals surface area contributed by atoms with Gasteiger partial charge in [-0.15, -0.1) is 10.2 Å². The van der Waals surface area contributed by atoms with E-state index in [0.717, 1.165) is 28.4 Å². The summed E-state index contributed by atoms with van der Waals surface area (Å²) < 4.78 is 16.8. The lowest BCUT2D eigenvalue weighted by atomic mass is 10.1. The summed E-state index contributed by atoms with van der Waals surface area (Å²) in [6, 6.07) is 15.3. The average molecular weight is 406 g/mol.